The van der Waals surface area contributed by atoms with E-state index in [1.165, 1.54) is 51.4 Å². The van der Waals surface area contributed by atoms with Crippen molar-refractivity contribution >= 4 is 0 Å². The Bertz CT molecular complexity index is 264. The second-order valence-corrected chi connectivity index (χ2v) is 7.41. The lowest BCUT2D eigenvalue weighted by Gasteiger charge is -2.17. The van der Waals surface area contributed by atoms with Gasteiger partial charge in [0.1, 0.15) is 0 Å². The van der Waals surface area contributed by atoms with E-state index in [-0.39, 0.29) is 0 Å². The van der Waals surface area contributed by atoms with Crippen LogP contribution in [0.15, 0.2) is 0 Å². The van der Waals surface area contributed by atoms with E-state index >= 15 is 0 Å². The van der Waals surface area contributed by atoms with Crippen LogP contribution in [0.25, 0.3) is 0 Å². The number of aliphatic hydroxyl groups excluding tert-OH is 1. The summed E-state index contributed by atoms with van der Waals surface area (Å²) in [5.74, 6) is 5.34. The van der Waals surface area contributed by atoms with Crippen LogP contribution in [0.3, 0.4) is 0 Å². The average Bonchev–Trinajstić information content (AvgIpc) is 2.45. The molecule has 0 saturated carbocycles. The van der Waals surface area contributed by atoms with Crippen LogP contribution in [-0.2, 0) is 0 Å². The SMILES string of the molecule is C#C[C@@H](C)CCC[C@@H](C)CCC[C@H](CO)CCCC(C)C. The topological polar surface area (TPSA) is 20.2 Å². The maximum atomic E-state index is 9.47. The summed E-state index contributed by atoms with van der Waals surface area (Å²) in [5, 5.41) is 9.47. The zero-order valence-corrected chi connectivity index (χ0v) is 14.9. The quantitative estimate of drug-likeness (QED) is 0.434. The number of rotatable bonds is 13. The number of aliphatic hydroxyl groups is 1. The highest BCUT2D eigenvalue weighted by atomic mass is 16.3. The second kappa shape index (κ2) is 13.2. The Hall–Kier alpha value is -0.480. The Balaban J connectivity index is 3.62. The fraction of sp³-hybridized carbons (Fsp3) is 0.900. The first-order chi connectivity index (χ1) is 9.99. The normalized spacial score (nSPS) is 15.7. The first-order valence-corrected chi connectivity index (χ1v) is 9.06. The minimum Gasteiger partial charge on any atom is -0.396 e. The molecule has 21 heavy (non-hydrogen) atoms. The Labute approximate surface area is 133 Å². The smallest absolute Gasteiger partial charge is 0.0459 e. The standard InChI is InChI=1S/C20H38O/c1-6-18(4)11-8-12-19(5)13-9-15-20(16-21)14-7-10-17(2)3/h1,17-21H,7-16H2,2-5H3/t18-,19-,20-/m1/s1. The molecule has 1 N–H and O–H groups in total. The molecule has 0 fully saturated rings. The maximum absolute atomic E-state index is 9.47. The van der Waals surface area contributed by atoms with Crippen molar-refractivity contribution in [2.45, 2.75) is 85.5 Å². The summed E-state index contributed by atoms with van der Waals surface area (Å²) in [6.07, 6.45) is 16.6. The van der Waals surface area contributed by atoms with E-state index < -0.39 is 0 Å². The first-order valence-electron chi connectivity index (χ1n) is 9.06. The van der Waals surface area contributed by atoms with Gasteiger partial charge in [-0.1, -0.05) is 66.2 Å². The molecule has 0 amide bonds. The molecule has 0 rings (SSSR count). The van der Waals surface area contributed by atoms with Crippen molar-refractivity contribution in [1.82, 2.24) is 0 Å². The van der Waals surface area contributed by atoms with Crippen LogP contribution in [0.1, 0.15) is 85.5 Å². The molecule has 1 heteroatoms. The van der Waals surface area contributed by atoms with Crippen LogP contribution in [0.2, 0.25) is 0 Å². The van der Waals surface area contributed by atoms with Crippen molar-refractivity contribution in [2.24, 2.45) is 23.7 Å². The highest BCUT2D eigenvalue weighted by Gasteiger charge is 2.10. The van der Waals surface area contributed by atoms with Gasteiger partial charge in [-0.15, -0.1) is 12.3 Å². The van der Waals surface area contributed by atoms with Crippen molar-refractivity contribution < 1.29 is 5.11 Å². The van der Waals surface area contributed by atoms with Crippen molar-refractivity contribution in [1.29, 1.82) is 0 Å². The maximum Gasteiger partial charge on any atom is 0.0459 e. The van der Waals surface area contributed by atoms with Crippen LogP contribution in [0.5, 0.6) is 0 Å². The molecule has 0 spiro atoms. The molecule has 0 bridgehead atoms. The van der Waals surface area contributed by atoms with Crippen molar-refractivity contribution in [3.63, 3.8) is 0 Å². The molecule has 0 radical (unpaired) electrons. The van der Waals surface area contributed by atoms with Gasteiger partial charge in [-0.2, -0.15) is 0 Å². The summed E-state index contributed by atoms with van der Waals surface area (Å²) in [4.78, 5) is 0. The van der Waals surface area contributed by atoms with E-state index in [0.717, 1.165) is 18.3 Å². The predicted octanol–water partition coefficient (Wildman–Crippen LogP) is 5.67. The lowest BCUT2D eigenvalue weighted by atomic mass is 9.90. The predicted molar refractivity (Wildman–Crippen MR) is 94.1 cm³/mol. The summed E-state index contributed by atoms with van der Waals surface area (Å²) >= 11 is 0. The van der Waals surface area contributed by atoms with E-state index in [1.807, 2.05) is 0 Å². The Morgan fingerprint density at radius 1 is 0.810 bits per heavy atom. The number of terminal acetylenes is 1. The third-order valence-electron chi connectivity index (χ3n) is 4.58. The van der Waals surface area contributed by atoms with Gasteiger partial charge in [0.2, 0.25) is 0 Å². The van der Waals surface area contributed by atoms with Crippen LogP contribution < -0.4 is 0 Å². The highest BCUT2D eigenvalue weighted by Crippen LogP contribution is 2.22. The van der Waals surface area contributed by atoms with Gasteiger partial charge in [0.15, 0.2) is 0 Å². The van der Waals surface area contributed by atoms with Crippen molar-refractivity contribution in [3.05, 3.63) is 0 Å². The van der Waals surface area contributed by atoms with Crippen molar-refractivity contribution in [3.8, 4) is 12.3 Å². The Kier molecular flexibility index (Phi) is 12.9. The minimum atomic E-state index is 0.367. The molecule has 0 unspecified atom stereocenters. The van der Waals surface area contributed by atoms with E-state index in [9.17, 15) is 5.11 Å². The average molecular weight is 295 g/mol. The zero-order chi connectivity index (χ0) is 16.1. The lowest BCUT2D eigenvalue weighted by molar-refractivity contribution is 0.201. The lowest BCUT2D eigenvalue weighted by Crippen LogP contribution is -2.07. The van der Waals surface area contributed by atoms with Gasteiger partial charge in [-0.05, 0) is 37.0 Å². The molecule has 0 aliphatic carbocycles. The van der Waals surface area contributed by atoms with Crippen LogP contribution in [0.4, 0.5) is 0 Å². The van der Waals surface area contributed by atoms with Crippen LogP contribution in [0, 0.1) is 36.0 Å². The van der Waals surface area contributed by atoms with Gasteiger partial charge in [0, 0.05) is 12.5 Å². The minimum absolute atomic E-state index is 0.367. The monoisotopic (exact) mass is 294 g/mol. The molecule has 0 saturated heterocycles. The van der Waals surface area contributed by atoms with E-state index in [2.05, 4.69) is 33.6 Å². The van der Waals surface area contributed by atoms with Gasteiger partial charge in [-0.3, -0.25) is 0 Å². The third kappa shape index (κ3) is 12.9. The van der Waals surface area contributed by atoms with Crippen LogP contribution in [-0.4, -0.2) is 11.7 Å². The van der Waals surface area contributed by atoms with Gasteiger partial charge < -0.3 is 5.11 Å². The number of hydrogen-bond donors (Lipinski definition) is 1. The first kappa shape index (κ1) is 20.5. The number of hydrogen-bond acceptors (Lipinski definition) is 1. The molecule has 3 atom stereocenters. The largest absolute Gasteiger partial charge is 0.396 e. The molecule has 0 aliphatic rings. The summed E-state index contributed by atoms with van der Waals surface area (Å²) in [6.45, 7) is 9.40. The van der Waals surface area contributed by atoms with Gasteiger partial charge >= 0.3 is 0 Å². The van der Waals surface area contributed by atoms with Gasteiger partial charge in [0.05, 0.1) is 0 Å². The van der Waals surface area contributed by atoms with E-state index in [1.54, 1.807) is 0 Å². The highest BCUT2D eigenvalue weighted by molar-refractivity contribution is 4.89. The molecular formula is C20H38O. The van der Waals surface area contributed by atoms with Crippen LogP contribution >= 0.6 is 0 Å². The molecule has 0 aliphatic heterocycles. The van der Waals surface area contributed by atoms with Gasteiger partial charge in [-0.25, -0.2) is 0 Å². The summed E-state index contributed by atoms with van der Waals surface area (Å²) in [5.41, 5.74) is 0. The van der Waals surface area contributed by atoms with E-state index in [4.69, 9.17) is 6.42 Å². The Morgan fingerprint density at radius 2 is 1.33 bits per heavy atom. The third-order valence-corrected chi connectivity index (χ3v) is 4.58. The fourth-order valence-electron chi connectivity index (χ4n) is 2.90. The Morgan fingerprint density at radius 3 is 1.81 bits per heavy atom. The molecule has 0 heterocycles. The molecule has 0 aromatic carbocycles. The van der Waals surface area contributed by atoms with E-state index in [0.29, 0.717) is 18.4 Å². The molecule has 0 aromatic rings. The molecule has 124 valence electrons. The molecule has 0 aromatic heterocycles. The summed E-state index contributed by atoms with van der Waals surface area (Å²) < 4.78 is 0. The van der Waals surface area contributed by atoms with Gasteiger partial charge in [0.25, 0.3) is 0 Å². The zero-order valence-electron chi connectivity index (χ0n) is 14.9. The molecule has 1 nitrogen and oxygen atoms in total. The second-order valence-electron chi connectivity index (χ2n) is 7.41. The van der Waals surface area contributed by atoms with Crippen molar-refractivity contribution in [2.75, 3.05) is 6.61 Å². The fourth-order valence-corrected chi connectivity index (χ4v) is 2.90. The molecular weight excluding hydrogens is 256 g/mol. The summed E-state index contributed by atoms with van der Waals surface area (Å²) in [6, 6.07) is 0. The summed E-state index contributed by atoms with van der Waals surface area (Å²) in [7, 11) is 0.